The van der Waals surface area contributed by atoms with Crippen LogP contribution in [0.5, 0.6) is 0 Å². The number of nitrogens with zero attached hydrogens (tertiary/aromatic N) is 1. The van der Waals surface area contributed by atoms with Crippen LogP contribution >= 0.6 is 11.6 Å². The van der Waals surface area contributed by atoms with Gasteiger partial charge in [0.1, 0.15) is 5.82 Å². The second kappa shape index (κ2) is 7.76. The molecule has 7 heteroatoms. The lowest BCUT2D eigenvalue weighted by Gasteiger charge is -2.20. The maximum atomic E-state index is 13.0. The smallest absolute Gasteiger partial charge is 0.227 e. The van der Waals surface area contributed by atoms with E-state index < -0.39 is 15.1 Å². The standard InChI is InChI=1S/C19H19ClFNO3S/c20-17-4-2-1-3-16(17)18-9-10-22(11-12-26(18,24)25)19(23)13-14-5-7-15(21)8-6-14/h1-8,18H,9-13H2. The molecule has 138 valence electrons. The van der Waals surface area contributed by atoms with Crippen LogP contribution in [0.3, 0.4) is 0 Å². The first-order chi connectivity index (χ1) is 12.4. The molecule has 1 fully saturated rings. The van der Waals surface area contributed by atoms with Gasteiger partial charge in [-0.05, 0) is 35.7 Å². The Kier molecular flexibility index (Phi) is 5.63. The zero-order chi connectivity index (χ0) is 18.7. The average Bonchev–Trinajstić information content (AvgIpc) is 2.76. The van der Waals surface area contributed by atoms with Crippen molar-refractivity contribution in [2.45, 2.75) is 18.1 Å². The van der Waals surface area contributed by atoms with E-state index in [0.29, 0.717) is 29.1 Å². The molecule has 1 aliphatic heterocycles. The summed E-state index contributed by atoms with van der Waals surface area (Å²) in [5, 5.41) is -0.285. The minimum Gasteiger partial charge on any atom is -0.341 e. The quantitative estimate of drug-likeness (QED) is 0.800. The molecule has 0 bridgehead atoms. The van der Waals surface area contributed by atoms with E-state index in [4.69, 9.17) is 11.6 Å². The summed E-state index contributed by atoms with van der Waals surface area (Å²) in [5.41, 5.74) is 1.29. The van der Waals surface area contributed by atoms with E-state index >= 15 is 0 Å². The number of hydrogen-bond donors (Lipinski definition) is 0. The third-order valence-corrected chi connectivity index (χ3v) is 7.07. The van der Waals surface area contributed by atoms with Crippen LogP contribution in [0.4, 0.5) is 4.39 Å². The summed E-state index contributed by atoms with van der Waals surface area (Å²) in [6.07, 6.45) is 0.429. The molecule has 1 heterocycles. The number of sulfone groups is 1. The predicted molar refractivity (Wildman–Crippen MR) is 99.3 cm³/mol. The normalized spacial score (nSPS) is 19.8. The molecule has 0 saturated carbocycles. The number of carbonyl (C=O) groups is 1. The molecular weight excluding hydrogens is 377 g/mol. The van der Waals surface area contributed by atoms with Crippen molar-refractivity contribution in [1.29, 1.82) is 0 Å². The third-order valence-electron chi connectivity index (χ3n) is 4.61. The van der Waals surface area contributed by atoms with Gasteiger partial charge in [-0.25, -0.2) is 12.8 Å². The molecule has 1 amide bonds. The lowest BCUT2D eigenvalue weighted by atomic mass is 10.1. The Hall–Kier alpha value is -1.92. The second-order valence-corrected chi connectivity index (χ2v) is 9.06. The summed E-state index contributed by atoms with van der Waals surface area (Å²) in [6.45, 7) is 0.498. The van der Waals surface area contributed by atoms with Crippen molar-refractivity contribution < 1.29 is 17.6 Å². The maximum Gasteiger partial charge on any atom is 0.227 e. The number of rotatable bonds is 3. The van der Waals surface area contributed by atoms with Crippen LogP contribution in [0.1, 0.15) is 22.8 Å². The van der Waals surface area contributed by atoms with Crippen LogP contribution in [-0.2, 0) is 21.1 Å². The van der Waals surface area contributed by atoms with Crippen LogP contribution in [0.25, 0.3) is 0 Å². The fourth-order valence-corrected chi connectivity index (χ4v) is 5.32. The summed E-state index contributed by atoms with van der Waals surface area (Å²) in [6, 6.07) is 12.7. The largest absolute Gasteiger partial charge is 0.341 e. The summed E-state index contributed by atoms with van der Waals surface area (Å²) < 4.78 is 38.3. The highest BCUT2D eigenvalue weighted by molar-refractivity contribution is 7.91. The average molecular weight is 396 g/mol. The van der Waals surface area contributed by atoms with E-state index in [1.54, 1.807) is 41.3 Å². The fraction of sp³-hybridized carbons (Fsp3) is 0.316. The first kappa shape index (κ1) is 18.9. The van der Waals surface area contributed by atoms with Crippen molar-refractivity contribution in [1.82, 2.24) is 4.90 Å². The Bertz CT molecular complexity index is 899. The van der Waals surface area contributed by atoms with Crippen molar-refractivity contribution in [3.8, 4) is 0 Å². The Morgan fingerprint density at radius 1 is 1.12 bits per heavy atom. The van der Waals surface area contributed by atoms with E-state index in [9.17, 15) is 17.6 Å². The van der Waals surface area contributed by atoms with Gasteiger partial charge in [0, 0.05) is 18.1 Å². The molecule has 0 radical (unpaired) electrons. The van der Waals surface area contributed by atoms with Gasteiger partial charge in [-0.3, -0.25) is 4.79 Å². The predicted octanol–water partition coefficient (Wildman–Crippen LogP) is 3.41. The van der Waals surface area contributed by atoms with Gasteiger partial charge in [0.2, 0.25) is 5.91 Å². The SMILES string of the molecule is O=C(Cc1ccc(F)cc1)N1CCC(c2ccccc2Cl)S(=O)(=O)CC1. The van der Waals surface area contributed by atoms with Crippen LogP contribution in [0.2, 0.25) is 5.02 Å². The first-order valence-corrected chi connectivity index (χ1v) is 10.4. The summed E-state index contributed by atoms with van der Waals surface area (Å²) in [4.78, 5) is 14.1. The molecule has 1 saturated heterocycles. The van der Waals surface area contributed by atoms with Gasteiger partial charge in [0.05, 0.1) is 17.4 Å². The maximum absolute atomic E-state index is 13.0. The molecule has 26 heavy (non-hydrogen) atoms. The molecule has 2 aromatic carbocycles. The minimum atomic E-state index is -3.41. The molecule has 0 N–H and O–H groups in total. The van der Waals surface area contributed by atoms with Crippen LogP contribution < -0.4 is 0 Å². The Labute approximate surface area is 157 Å². The summed E-state index contributed by atoms with van der Waals surface area (Å²) >= 11 is 6.18. The van der Waals surface area contributed by atoms with Crippen molar-refractivity contribution in [2.75, 3.05) is 18.8 Å². The van der Waals surface area contributed by atoms with E-state index in [1.165, 1.54) is 12.1 Å². The van der Waals surface area contributed by atoms with Crippen molar-refractivity contribution in [3.05, 3.63) is 70.5 Å². The number of halogens is 2. The number of hydrogen-bond acceptors (Lipinski definition) is 3. The van der Waals surface area contributed by atoms with E-state index in [1.807, 2.05) is 0 Å². The highest BCUT2D eigenvalue weighted by atomic mass is 35.5. The van der Waals surface area contributed by atoms with Crippen LogP contribution in [-0.4, -0.2) is 38.1 Å². The molecular formula is C19H19ClFNO3S. The van der Waals surface area contributed by atoms with Crippen LogP contribution in [0, 0.1) is 5.82 Å². The lowest BCUT2D eigenvalue weighted by molar-refractivity contribution is -0.130. The van der Waals surface area contributed by atoms with Gasteiger partial charge < -0.3 is 4.90 Å². The molecule has 1 atom stereocenters. The third kappa shape index (κ3) is 4.24. The number of carbonyl (C=O) groups excluding carboxylic acids is 1. The highest BCUT2D eigenvalue weighted by Crippen LogP contribution is 2.33. The molecule has 2 aromatic rings. The molecule has 3 rings (SSSR count). The fourth-order valence-electron chi connectivity index (χ4n) is 3.17. The molecule has 0 aromatic heterocycles. The van der Waals surface area contributed by atoms with Gasteiger partial charge in [-0.15, -0.1) is 0 Å². The van der Waals surface area contributed by atoms with Gasteiger partial charge in [0.15, 0.2) is 9.84 Å². The Morgan fingerprint density at radius 3 is 2.50 bits per heavy atom. The van der Waals surface area contributed by atoms with Crippen molar-refractivity contribution in [3.63, 3.8) is 0 Å². The monoisotopic (exact) mass is 395 g/mol. The lowest BCUT2D eigenvalue weighted by Crippen LogP contribution is -2.34. The number of amides is 1. The van der Waals surface area contributed by atoms with Gasteiger partial charge >= 0.3 is 0 Å². The highest BCUT2D eigenvalue weighted by Gasteiger charge is 2.33. The summed E-state index contributed by atoms with van der Waals surface area (Å²) in [5.74, 6) is -0.617. The molecule has 0 spiro atoms. The van der Waals surface area contributed by atoms with E-state index in [2.05, 4.69) is 0 Å². The first-order valence-electron chi connectivity index (χ1n) is 8.35. The Morgan fingerprint density at radius 2 is 1.81 bits per heavy atom. The van der Waals surface area contributed by atoms with Crippen LogP contribution in [0.15, 0.2) is 48.5 Å². The van der Waals surface area contributed by atoms with Gasteiger partial charge in [-0.1, -0.05) is 41.9 Å². The van der Waals surface area contributed by atoms with E-state index in [-0.39, 0.29) is 30.4 Å². The minimum absolute atomic E-state index is 0.0992. The van der Waals surface area contributed by atoms with Gasteiger partial charge in [-0.2, -0.15) is 0 Å². The van der Waals surface area contributed by atoms with Crippen molar-refractivity contribution >= 4 is 27.3 Å². The van der Waals surface area contributed by atoms with Gasteiger partial charge in [0.25, 0.3) is 0 Å². The molecule has 4 nitrogen and oxygen atoms in total. The second-order valence-electron chi connectivity index (χ2n) is 6.35. The zero-order valence-corrected chi connectivity index (χ0v) is 15.6. The number of benzene rings is 2. The Balaban J connectivity index is 1.75. The molecule has 0 aliphatic carbocycles. The zero-order valence-electron chi connectivity index (χ0n) is 14.1. The topological polar surface area (TPSA) is 54.5 Å². The molecule has 1 unspecified atom stereocenters. The van der Waals surface area contributed by atoms with Crippen molar-refractivity contribution in [2.24, 2.45) is 0 Å². The van der Waals surface area contributed by atoms with E-state index in [0.717, 1.165) is 0 Å². The summed E-state index contributed by atoms with van der Waals surface area (Å²) in [7, 11) is -3.41. The molecule has 1 aliphatic rings.